The quantitative estimate of drug-likeness (QED) is 0.304. The van der Waals surface area contributed by atoms with Crippen LogP contribution in [-0.4, -0.2) is 25.8 Å². The van der Waals surface area contributed by atoms with Crippen LogP contribution in [-0.2, 0) is 11.4 Å². The first-order valence-electron chi connectivity index (χ1n) is 9.40. The molecular weight excluding hydrogens is 475 g/mol. The summed E-state index contributed by atoms with van der Waals surface area (Å²) in [4.78, 5) is 12.0. The number of amides is 1. The van der Waals surface area contributed by atoms with Crippen LogP contribution in [0.3, 0.4) is 0 Å². The molecule has 32 heavy (non-hydrogen) atoms. The molecule has 0 aliphatic heterocycles. The maximum atomic E-state index is 12.0. The fraction of sp³-hybridized carbons (Fsp3) is 0.130. The van der Waals surface area contributed by atoms with Crippen LogP contribution in [0, 0.1) is 0 Å². The van der Waals surface area contributed by atoms with Gasteiger partial charge in [-0.2, -0.15) is 5.10 Å². The van der Waals surface area contributed by atoms with E-state index < -0.39 is 5.91 Å². The van der Waals surface area contributed by atoms with Gasteiger partial charge in [0.15, 0.2) is 18.1 Å². The molecule has 3 aromatic carbocycles. The zero-order chi connectivity index (χ0) is 22.9. The number of hydrazone groups is 1. The number of rotatable bonds is 9. The van der Waals surface area contributed by atoms with E-state index in [2.05, 4.69) is 10.5 Å². The van der Waals surface area contributed by atoms with Gasteiger partial charge >= 0.3 is 0 Å². The first kappa shape index (κ1) is 23.7. The van der Waals surface area contributed by atoms with E-state index in [1.165, 1.54) is 13.3 Å². The largest absolute Gasteiger partial charge is 0.493 e. The molecule has 9 heteroatoms. The lowest BCUT2D eigenvalue weighted by molar-refractivity contribution is -0.123. The minimum absolute atomic E-state index is 0.197. The van der Waals surface area contributed by atoms with Crippen molar-refractivity contribution in [3.05, 3.63) is 86.9 Å². The normalized spacial score (nSPS) is 10.8. The van der Waals surface area contributed by atoms with Gasteiger partial charge in [0.2, 0.25) is 0 Å². The van der Waals surface area contributed by atoms with Crippen molar-refractivity contribution >= 4 is 46.9 Å². The number of hydrogen-bond donors (Lipinski definition) is 1. The van der Waals surface area contributed by atoms with Crippen LogP contribution in [0.15, 0.2) is 65.8 Å². The van der Waals surface area contributed by atoms with Crippen LogP contribution in [0.25, 0.3) is 0 Å². The molecule has 0 saturated heterocycles. The summed E-state index contributed by atoms with van der Waals surface area (Å²) in [5.74, 6) is 1.10. The molecule has 0 saturated carbocycles. The number of carbonyl (C=O) groups is 1. The number of nitrogens with one attached hydrogen (secondary N) is 1. The molecule has 0 spiro atoms. The van der Waals surface area contributed by atoms with Gasteiger partial charge in [-0.3, -0.25) is 4.79 Å². The highest BCUT2D eigenvalue weighted by Crippen LogP contribution is 2.31. The first-order chi connectivity index (χ1) is 15.5. The van der Waals surface area contributed by atoms with Gasteiger partial charge in [0, 0.05) is 10.6 Å². The van der Waals surface area contributed by atoms with Crippen molar-refractivity contribution in [3.8, 4) is 17.2 Å². The SMILES string of the molecule is COc1cccc(/C=N\NC(=O)COc2ccc(Cl)cc2)c1OCc1ccc(Cl)c(Cl)c1. The van der Waals surface area contributed by atoms with Crippen molar-refractivity contribution in [1.29, 1.82) is 0 Å². The molecule has 3 rings (SSSR count). The molecule has 0 aliphatic rings. The molecule has 0 heterocycles. The summed E-state index contributed by atoms with van der Waals surface area (Å²) in [6, 6.07) is 17.3. The Morgan fingerprint density at radius 1 is 1.00 bits per heavy atom. The molecule has 0 aliphatic carbocycles. The van der Waals surface area contributed by atoms with Gasteiger partial charge in [-0.1, -0.05) is 46.9 Å². The highest BCUT2D eigenvalue weighted by molar-refractivity contribution is 6.42. The minimum atomic E-state index is -0.419. The van der Waals surface area contributed by atoms with Crippen LogP contribution >= 0.6 is 34.8 Å². The summed E-state index contributed by atoms with van der Waals surface area (Å²) in [7, 11) is 1.54. The number of hydrogen-bond acceptors (Lipinski definition) is 5. The minimum Gasteiger partial charge on any atom is -0.493 e. The average Bonchev–Trinajstić information content (AvgIpc) is 2.79. The number of ether oxygens (including phenoxy) is 3. The molecule has 1 amide bonds. The Kier molecular flexibility index (Phi) is 8.62. The first-order valence-corrected chi connectivity index (χ1v) is 10.5. The Morgan fingerprint density at radius 2 is 1.78 bits per heavy atom. The van der Waals surface area contributed by atoms with Crippen molar-refractivity contribution in [2.75, 3.05) is 13.7 Å². The molecule has 0 aromatic heterocycles. The van der Waals surface area contributed by atoms with Gasteiger partial charge in [0.1, 0.15) is 12.4 Å². The zero-order valence-electron chi connectivity index (χ0n) is 17.0. The van der Waals surface area contributed by atoms with E-state index >= 15 is 0 Å². The Labute approximate surface area is 200 Å². The van der Waals surface area contributed by atoms with Crippen LogP contribution < -0.4 is 19.6 Å². The lowest BCUT2D eigenvalue weighted by Gasteiger charge is -2.13. The molecule has 0 fully saturated rings. The van der Waals surface area contributed by atoms with Gasteiger partial charge in [-0.25, -0.2) is 5.43 Å². The molecule has 3 aromatic rings. The molecule has 166 valence electrons. The predicted octanol–water partition coefficient (Wildman–Crippen LogP) is 5.76. The maximum Gasteiger partial charge on any atom is 0.277 e. The van der Waals surface area contributed by atoms with Gasteiger partial charge in [0.05, 0.1) is 23.4 Å². The number of para-hydroxylation sites is 1. The number of carbonyl (C=O) groups excluding carboxylic acids is 1. The monoisotopic (exact) mass is 492 g/mol. The molecule has 0 atom stereocenters. The van der Waals surface area contributed by atoms with E-state index in [1.54, 1.807) is 54.6 Å². The van der Waals surface area contributed by atoms with Crippen molar-refractivity contribution in [2.45, 2.75) is 6.61 Å². The van der Waals surface area contributed by atoms with E-state index in [0.29, 0.717) is 37.9 Å². The van der Waals surface area contributed by atoms with Gasteiger partial charge in [-0.15, -0.1) is 0 Å². The Bertz CT molecular complexity index is 1100. The molecule has 0 unspecified atom stereocenters. The van der Waals surface area contributed by atoms with E-state index in [1.807, 2.05) is 6.07 Å². The van der Waals surface area contributed by atoms with E-state index in [0.717, 1.165) is 5.56 Å². The van der Waals surface area contributed by atoms with E-state index in [9.17, 15) is 4.79 Å². The Morgan fingerprint density at radius 3 is 2.50 bits per heavy atom. The van der Waals surface area contributed by atoms with Crippen molar-refractivity contribution in [2.24, 2.45) is 5.10 Å². The smallest absolute Gasteiger partial charge is 0.277 e. The van der Waals surface area contributed by atoms with Gasteiger partial charge in [-0.05, 0) is 54.1 Å². The van der Waals surface area contributed by atoms with E-state index in [-0.39, 0.29) is 13.2 Å². The Hall–Kier alpha value is -2.93. The highest BCUT2D eigenvalue weighted by Gasteiger charge is 2.11. The third-order valence-electron chi connectivity index (χ3n) is 4.17. The summed E-state index contributed by atoms with van der Waals surface area (Å²) in [6.07, 6.45) is 1.47. The second-order valence-corrected chi connectivity index (χ2v) is 7.70. The second kappa shape index (κ2) is 11.6. The van der Waals surface area contributed by atoms with Crippen LogP contribution in [0.2, 0.25) is 15.1 Å². The Balaban J connectivity index is 1.62. The summed E-state index contributed by atoms with van der Waals surface area (Å²) in [6.45, 7) is 0.0388. The summed E-state index contributed by atoms with van der Waals surface area (Å²) in [5, 5.41) is 5.48. The average molecular weight is 494 g/mol. The van der Waals surface area contributed by atoms with Crippen molar-refractivity contribution < 1.29 is 19.0 Å². The number of methoxy groups -OCH3 is 1. The van der Waals surface area contributed by atoms with Crippen molar-refractivity contribution in [3.63, 3.8) is 0 Å². The maximum absolute atomic E-state index is 12.0. The molecule has 1 N–H and O–H groups in total. The summed E-state index contributed by atoms with van der Waals surface area (Å²) >= 11 is 17.8. The lowest BCUT2D eigenvalue weighted by Crippen LogP contribution is -2.24. The lowest BCUT2D eigenvalue weighted by atomic mass is 10.2. The molecule has 0 bridgehead atoms. The van der Waals surface area contributed by atoms with Gasteiger partial charge in [0.25, 0.3) is 5.91 Å². The standard InChI is InChI=1S/C23H19Cl3N2O4/c1-30-21-4-2-3-16(23(21)32-13-15-5-10-19(25)20(26)11-15)12-27-28-22(29)14-31-18-8-6-17(24)7-9-18/h2-12H,13-14H2,1H3,(H,28,29)/b27-12-. The second-order valence-electron chi connectivity index (χ2n) is 6.45. The van der Waals surface area contributed by atoms with Gasteiger partial charge < -0.3 is 14.2 Å². The topological polar surface area (TPSA) is 69.2 Å². The van der Waals surface area contributed by atoms with E-state index in [4.69, 9.17) is 49.0 Å². The molecule has 0 radical (unpaired) electrons. The zero-order valence-corrected chi connectivity index (χ0v) is 19.2. The van der Waals surface area contributed by atoms with Crippen LogP contribution in [0.5, 0.6) is 17.2 Å². The molecule has 6 nitrogen and oxygen atoms in total. The van der Waals surface area contributed by atoms with Crippen molar-refractivity contribution in [1.82, 2.24) is 5.43 Å². The van der Waals surface area contributed by atoms with Crippen LogP contribution in [0.1, 0.15) is 11.1 Å². The fourth-order valence-electron chi connectivity index (χ4n) is 2.62. The summed E-state index contributed by atoms with van der Waals surface area (Å²) < 4.78 is 16.7. The predicted molar refractivity (Wildman–Crippen MR) is 126 cm³/mol. The van der Waals surface area contributed by atoms with Crippen LogP contribution in [0.4, 0.5) is 0 Å². The number of halogens is 3. The third kappa shape index (κ3) is 6.79. The fourth-order valence-corrected chi connectivity index (χ4v) is 3.07. The summed E-state index contributed by atoms with van der Waals surface area (Å²) in [5.41, 5.74) is 3.86. The third-order valence-corrected chi connectivity index (χ3v) is 5.16. The number of benzene rings is 3. The molecular formula is C23H19Cl3N2O4. The number of nitrogens with zero attached hydrogens (tertiary/aromatic N) is 1. The highest BCUT2D eigenvalue weighted by atomic mass is 35.5.